The van der Waals surface area contributed by atoms with Crippen LogP contribution in [0.15, 0.2) is 42.5 Å². The second-order valence-corrected chi connectivity index (χ2v) is 4.71. The minimum atomic E-state index is -1.12. The Hall–Kier alpha value is -2.89. The third-order valence-electron chi connectivity index (χ3n) is 3.26. The van der Waals surface area contributed by atoms with E-state index in [1.54, 1.807) is 12.1 Å². The molecule has 0 radical (unpaired) electrons. The number of carbonyl (C=O) groups is 1. The van der Waals surface area contributed by atoms with Crippen LogP contribution in [0.3, 0.4) is 0 Å². The van der Waals surface area contributed by atoms with Crippen molar-refractivity contribution in [3.8, 4) is 17.2 Å². The van der Waals surface area contributed by atoms with Gasteiger partial charge in [-0.15, -0.1) is 0 Å². The minimum absolute atomic E-state index is 0.0597. The number of amides is 1. The van der Waals surface area contributed by atoms with Crippen molar-refractivity contribution >= 4 is 6.09 Å². The number of benzene rings is 2. The Kier molecular flexibility index (Phi) is 5.68. The van der Waals surface area contributed by atoms with E-state index in [0.29, 0.717) is 29.4 Å². The maximum Gasteiger partial charge on any atom is 0.404 e. The third-order valence-corrected chi connectivity index (χ3v) is 3.26. The molecule has 2 rings (SSSR count). The lowest BCUT2D eigenvalue weighted by atomic mass is 10.1. The molecule has 0 saturated heterocycles. The van der Waals surface area contributed by atoms with Crippen LogP contribution < -0.4 is 19.5 Å². The predicted molar refractivity (Wildman–Crippen MR) is 85.2 cm³/mol. The molecule has 6 heteroatoms. The van der Waals surface area contributed by atoms with Crippen LogP contribution in [0.1, 0.15) is 11.1 Å². The van der Waals surface area contributed by atoms with E-state index in [0.717, 1.165) is 5.56 Å². The van der Waals surface area contributed by atoms with Crippen molar-refractivity contribution in [1.82, 2.24) is 5.32 Å². The fourth-order valence-corrected chi connectivity index (χ4v) is 2.18. The van der Waals surface area contributed by atoms with E-state index in [-0.39, 0.29) is 6.54 Å². The van der Waals surface area contributed by atoms with E-state index in [2.05, 4.69) is 5.32 Å². The van der Waals surface area contributed by atoms with Gasteiger partial charge in [0.1, 0.15) is 12.4 Å². The molecule has 6 nitrogen and oxygen atoms in total. The summed E-state index contributed by atoms with van der Waals surface area (Å²) >= 11 is 0. The molecule has 122 valence electrons. The summed E-state index contributed by atoms with van der Waals surface area (Å²) < 4.78 is 16.5. The van der Waals surface area contributed by atoms with Gasteiger partial charge >= 0.3 is 6.09 Å². The number of rotatable bonds is 7. The summed E-state index contributed by atoms with van der Waals surface area (Å²) in [6.07, 6.45) is -1.12. The average Bonchev–Trinajstić information content (AvgIpc) is 2.58. The predicted octanol–water partition coefficient (Wildman–Crippen LogP) is 3.05. The zero-order valence-electron chi connectivity index (χ0n) is 13.0. The summed E-state index contributed by atoms with van der Waals surface area (Å²) in [6.45, 7) is 0.444. The number of nitrogens with one attached hydrogen (secondary N) is 1. The molecular weight excluding hydrogens is 298 g/mol. The van der Waals surface area contributed by atoms with Crippen molar-refractivity contribution in [3.05, 3.63) is 53.6 Å². The van der Waals surface area contributed by atoms with Crippen LogP contribution in [0.4, 0.5) is 4.79 Å². The Morgan fingerprint density at radius 2 is 1.74 bits per heavy atom. The molecule has 0 atom stereocenters. The normalized spacial score (nSPS) is 10.0. The SMILES string of the molecule is COc1ccc(OCc2ccccc2)c(OC)c1CNC(=O)O. The van der Waals surface area contributed by atoms with Crippen molar-refractivity contribution in [1.29, 1.82) is 0 Å². The van der Waals surface area contributed by atoms with Gasteiger partial charge < -0.3 is 24.6 Å². The highest BCUT2D eigenvalue weighted by atomic mass is 16.5. The number of carboxylic acid groups (broad SMARTS) is 1. The van der Waals surface area contributed by atoms with Gasteiger partial charge in [-0.25, -0.2) is 4.79 Å². The second-order valence-electron chi connectivity index (χ2n) is 4.71. The van der Waals surface area contributed by atoms with E-state index in [1.807, 2.05) is 30.3 Å². The molecule has 0 aliphatic heterocycles. The molecule has 0 fully saturated rings. The first kappa shape index (κ1) is 16.5. The van der Waals surface area contributed by atoms with Crippen LogP contribution >= 0.6 is 0 Å². The monoisotopic (exact) mass is 317 g/mol. The fourth-order valence-electron chi connectivity index (χ4n) is 2.18. The first-order valence-electron chi connectivity index (χ1n) is 7.03. The van der Waals surface area contributed by atoms with Crippen LogP contribution in [-0.4, -0.2) is 25.4 Å². The lowest BCUT2D eigenvalue weighted by molar-refractivity contribution is 0.193. The standard InChI is InChI=1S/C17H19NO5/c1-21-14-8-9-15(23-11-12-6-4-3-5-7-12)16(22-2)13(14)10-18-17(19)20/h3-9,18H,10-11H2,1-2H3,(H,19,20). The zero-order chi connectivity index (χ0) is 16.7. The summed E-state index contributed by atoms with van der Waals surface area (Å²) in [5.74, 6) is 1.51. The van der Waals surface area contributed by atoms with Gasteiger partial charge in [0.15, 0.2) is 11.5 Å². The summed E-state index contributed by atoms with van der Waals surface area (Å²) in [6, 6.07) is 13.2. The molecule has 23 heavy (non-hydrogen) atoms. The molecule has 2 aromatic carbocycles. The molecule has 2 aromatic rings. The lowest BCUT2D eigenvalue weighted by Crippen LogP contribution is -2.21. The van der Waals surface area contributed by atoms with Gasteiger partial charge in [0.2, 0.25) is 0 Å². The zero-order valence-corrected chi connectivity index (χ0v) is 13.0. The van der Waals surface area contributed by atoms with Crippen LogP contribution in [0.2, 0.25) is 0 Å². The van der Waals surface area contributed by atoms with E-state index < -0.39 is 6.09 Å². The highest BCUT2D eigenvalue weighted by Gasteiger charge is 2.17. The smallest absolute Gasteiger partial charge is 0.404 e. The Balaban J connectivity index is 2.24. The van der Waals surface area contributed by atoms with E-state index in [9.17, 15) is 4.79 Å². The molecular formula is C17H19NO5. The van der Waals surface area contributed by atoms with E-state index >= 15 is 0 Å². The third kappa shape index (κ3) is 4.29. The summed E-state index contributed by atoms with van der Waals surface area (Å²) in [7, 11) is 3.03. The maximum atomic E-state index is 10.7. The number of hydrogen-bond acceptors (Lipinski definition) is 4. The Labute approximate surface area is 134 Å². The molecule has 0 heterocycles. The lowest BCUT2D eigenvalue weighted by Gasteiger charge is -2.17. The van der Waals surface area contributed by atoms with Crippen LogP contribution in [0, 0.1) is 0 Å². The van der Waals surface area contributed by atoms with Gasteiger partial charge in [-0.2, -0.15) is 0 Å². The van der Waals surface area contributed by atoms with E-state index in [4.69, 9.17) is 19.3 Å². The van der Waals surface area contributed by atoms with Crippen LogP contribution in [-0.2, 0) is 13.2 Å². The van der Waals surface area contributed by atoms with Crippen molar-refractivity contribution < 1.29 is 24.1 Å². The molecule has 2 N–H and O–H groups in total. The van der Waals surface area contributed by atoms with Crippen molar-refractivity contribution in [2.24, 2.45) is 0 Å². The topological polar surface area (TPSA) is 77.0 Å². The van der Waals surface area contributed by atoms with Crippen molar-refractivity contribution in [2.75, 3.05) is 14.2 Å². The van der Waals surface area contributed by atoms with Gasteiger partial charge in [-0.3, -0.25) is 0 Å². The molecule has 0 bridgehead atoms. The maximum absolute atomic E-state index is 10.7. The average molecular weight is 317 g/mol. The quantitative estimate of drug-likeness (QED) is 0.821. The largest absolute Gasteiger partial charge is 0.496 e. The summed E-state index contributed by atoms with van der Waals surface area (Å²) in [4.78, 5) is 10.7. The molecule has 0 aromatic heterocycles. The Bertz CT molecular complexity index is 658. The van der Waals surface area contributed by atoms with Crippen LogP contribution in [0.25, 0.3) is 0 Å². The highest BCUT2D eigenvalue weighted by molar-refractivity contribution is 5.65. The van der Waals surface area contributed by atoms with Crippen molar-refractivity contribution in [2.45, 2.75) is 13.2 Å². The molecule has 0 aliphatic rings. The van der Waals surface area contributed by atoms with Crippen LogP contribution in [0.5, 0.6) is 17.2 Å². The minimum Gasteiger partial charge on any atom is -0.496 e. The summed E-state index contributed by atoms with van der Waals surface area (Å²) in [5, 5.41) is 11.1. The van der Waals surface area contributed by atoms with Gasteiger partial charge in [-0.1, -0.05) is 30.3 Å². The first-order chi connectivity index (χ1) is 11.2. The molecule has 0 unspecified atom stereocenters. The van der Waals surface area contributed by atoms with Gasteiger partial charge in [0.25, 0.3) is 0 Å². The second kappa shape index (κ2) is 7.93. The van der Waals surface area contributed by atoms with E-state index in [1.165, 1.54) is 14.2 Å². The Morgan fingerprint density at radius 1 is 1.04 bits per heavy atom. The molecule has 1 amide bonds. The highest BCUT2D eigenvalue weighted by Crippen LogP contribution is 2.37. The number of methoxy groups -OCH3 is 2. The van der Waals surface area contributed by atoms with Gasteiger partial charge in [-0.05, 0) is 17.7 Å². The molecule has 0 saturated carbocycles. The van der Waals surface area contributed by atoms with Gasteiger partial charge in [0, 0.05) is 0 Å². The van der Waals surface area contributed by atoms with Crippen molar-refractivity contribution in [3.63, 3.8) is 0 Å². The fraction of sp³-hybridized carbons (Fsp3) is 0.235. The molecule has 0 spiro atoms. The first-order valence-corrected chi connectivity index (χ1v) is 7.03. The number of ether oxygens (including phenoxy) is 3. The Morgan fingerprint density at radius 3 is 2.35 bits per heavy atom. The number of hydrogen-bond donors (Lipinski definition) is 2. The molecule has 0 aliphatic carbocycles. The summed E-state index contributed by atoms with van der Waals surface area (Å²) in [5.41, 5.74) is 1.61. The van der Waals surface area contributed by atoms with Gasteiger partial charge in [0.05, 0.1) is 26.3 Å².